The van der Waals surface area contributed by atoms with Crippen molar-refractivity contribution < 1.29 is 9.53 Å². The topological polar surface area (TPSA) is 47.4 Å². The first-order valence-corrected chi connectivity index (χ1v) is 8.14. The van der Waals surface area contributed by atoms with Crippen LogP contribution in [0.15, 0.2) is 41.8 Å². The molecule has 0 radical (unpaired) electrons. The molecule has 0 aliphatic rings. The number of aromatic nitrogens is 2. The normalized spacial score (nSPS) is 10.5. The Morgan fingerprint density at radius 2 is 2.18 bits per heavy atom. The minimum Gasteiger partial charge on any atom is -0.496 e. The van der Waals surface area contributed by atoms with Gasteiger partial charge in [0, 0.05) is 38.1 Å². The second kappa shape index (κ2) is 7.89. The largest absolute Gasteiger partial charge is 0.496 e. The number of thioether (sulfide) groups is 1. The molecular formula is C16H21N3O2S. The second-order valence-corrected chi connectivity index (χ2v) is 5.79. The van der Waals surface area contributed by atoms with Crippen molar-refractivity contribution in [3.05, 3.63) is 42.2 Å². The van der Waals surface area contributed by atoms with Crippen LogP contribution in [0, 0.1) is 0 Å². The van der Waals surface area contributed by atoms with Gasteiger partial charge in [0.05, 0.1) is 12.9 Å². The van der Waals surface area contributed by atoms with Crippen molar-refractivity contribution >= 4 is 17.7 Å². The van der Waals surface area contributed by atoms with Crippen molar-refractivity contribution in [2.75, 3.05) is 19.9 Å². The number of aryl methyl sites for hydroxylation is 1. The molecule has 0 saturated carbocycles. The van der Waals surface area contributed by atoms with Crippen molar-refractivity contribution in [3.63, 3.8) is 0 Å². The highest BCUT2D eigenvalue weighted by Crippen LogP contribution is 2.20. The predicted molar refractivity (Wildman–Crippen MR) is 88.1 cm³/mol. The molecule has 0 unspecified atom stereocenters. The Kier molecular flexibility index (Phi) is 5.89. The number of hydrogen-bond acceptors (Lipinski definition) is 4. The maximum Gasteiger partial charge on any atom is 0.233 e. The summed E-state index contributed by atoms with van der Waals surface area (Å²) in [5.74, 6) is 1.25. The lowest BCUT2D eigenvalue weighted by molar-refractivity contribution is -0.127. The molecule has 0 atom stereocenters. The Balaban J connectivity index is 1.92. The number of carbonyl (C=O) groups is 1. The molecule has 5 nitrogen and oxygen atoms in total. The van der Waals surface area contributed by atoms with Gasteiger partial charge in [0.25, 0.3) is 0 Å². The molecule has 6 heteroatoms. The molecule has 0 aliphatic heterocycles. The molecule has 0 bridgehead atoms. The van der Waals surface area contributed by atoms with Gasteiger partial charge in [-0.25, -0.2) is 4.98 Å². The Morgan fingerprint density at radius 1 is 1.41 bits per heavy atom. The lowest BCUT2D eigenvalue weighted by atomic mass is 10.2. The van der Waals surface area contributed by atoms with E-state index in [1.165, 1.54) is 11.8 Å². The number of amides is 1. The van der Waals surface area contributed by atoms with Crippen LogP contribution in [0.25, 0.3) is 0 Å². The van der Waals surface area contributed by atoms with Gasteiger partial charge in [0.1, 0.15) is 5.75 Å². The maximum absolute atomic E-state index is 12.3. The number of imidazole rings is 1. The van der Waals surface area contributed by atoms with Crippen LogP contribution in [0.1, 0.15) is 12.5 Å². The van der Waals surface area contributed by atoms with Crippen LogP contribution in [0.2, 0.25) is 0 Å². The molecule has 1 heterocycles. The molecule has 2 rings (SSSR count). The van der Waals surface area contributed by atoms with E-state index < -0.39 is 0 Å². The van der Waals surface area contributed by atoms with E-state index in [9.17, 15) is 4.79 Å². The molecule has 1 aromatic heterocycles. The molecular weight excluding hydrogens is 298 g/mol. The Labute approximate surface area is 135 Å². The van der Waals surface area contributed by atoms with Gasteiger partial charge >= 0.3 is 0 Å². The van der Waals surface area contributed by atoms with Crippen LogP contribution < -0.4 is 4.74 Å². The van der Waals surface area contributed by atoms with Crippen molar-refractivity contribution in [1.82, 2.24) is 14.5 Å². The highest BCUT2D eigenvalue weighted by Gasteiger charge is 2.13. The van der Waals surface area contributed by atoms with Crippen molar-refractivity contribution in [2.24, 2.45) is 0 Å². The standard InChI is InChI=1S/C16H21N3O2S/c1-4-19-10-9-17-16(19)22-12-15(20)18(2)11-13-7-5-6-8-14(13)21-3/h5-10H,4,11-12H2,1-3H3. The van der Waals surface area contributed by atoms with Crippen LogP contribution in [-0.4, -0.2) is 40.3 Å². The molecule has 0 saturated heterocycles. The number of para-hydroxylation sites is 1. The van der Waals surface area contributed by atoms with Gasteiger partial charge < -0.3 is 14.2 Å². The van der Waals surface area contributed by atoms with Crippen molar-refractivity contribution in [1.29, 1.82) is 0 Å². The molecule has 22 heavy (non-hydrogen) atoms. The predicted octanol–water partition coefficient (Wildman–Crippen LogP) is 2.66. The zero-order chi connectivity index (χ0) is 15.9. The van der Waals surface area contributed by atoms with E-state index in [4.69, 9.17) is 4.74 Å². The number of nitrogens with zero attached hydrogens (tertiary/aromatic N) is 3. The number of hydrogen-bond donors (Lipinski definition) is 0. The van der Waals surface area contributed by atoms with E-state index in [0.717, 1.165) is 23.0 Å². The van der Waals surface area contributed by atoms with Gasteiger partial charge in [-0.15, -0.1) is 0 Å². The summed E-state index contributed by atoms with van der Waals surface area (Å²) in [5.41, 5.74) is 1.00. The van der Waals surface area contributed by atoms with Crippen LogP contribution in [-0.2, 0) is 17.9 Å². The number of ether oxygens (including phenoxy) is 1. The lowest BCUT2D eigenvalue weighted by Gasteiger charge is -2.18. The van der Waals surface area contributed by atoms with E-state index in [1.807, 2.05) is 42.1 Å². The van der Waals surface area contributed by atoms with Gasteiger partial charge in [0.15, 0.2) is 5.16 Å². The number of carbonyl (C=O) groups excluding carboxylic acids is 1. The molecule has 1 amide bonds. The van der Waals surface area contributed by atoms with Gasteiger partial charge in [-0.3, -0.25) is 4.79 Å². The fraction of sp³-hybridized carbons (Fsp3) is 0.375. The summed E-state index contributed by atoms with van der Waals surface area (Å²) in [6.45, 7) is 3.45. The highest BCUT2D eigenvalue weighted by atomic mass is 32.2. The van der Waals surface area contributed by atoms with Gasteiger partial charge in [-0.2, -0.15) is 0 Å². The van der Waals surface area contributed by atoms with Gasteiger partial charge in [-0.05, 0) is 13.0 Å². The SMILES string of the molecule is CCn1ccnc1SCC(=O)N(C)Cc1ccccc1OC. The zero-order valence-corrected chi connectivity index (χ0v) is 14.0. The Bertz CT molecular complexity index is 627. The van der Waals surface area contributed by atoms with Crippen molar-refractivity contribution in [2.45, 2.75) is 25.2 Å². The third kappa shape index (κ3) is 4.04. The molecule has 0 spiro atoms. The van der Waals surface area contributed by atoms with Crippen LogP contribution in [0.3, 0.4) is 0 Å². The molecule has 1 aromatic carbocycles. The van der Waals surface area contributed by atoms with Gasteiger partial charge in [-0.1, -0.05) is 30.0 Å². The number of rotatable bonds is 7. The van der Waals surface area contributed by atoms with E-state index >= 15 is 0 Å². The molecule has 2 aromatic rings. The lowest BCUT2D eigenvalue weighted by Crippen LogP contribution is -2.28. The monoisotopic (exact) mass is 319 g/mol. The first-order chi connectivity index (χ1) is 10.7. The molecule has 0 fully saturated rings. The molecule has 0 N–H and O–H groups in total. The summed E-state index contributed by atoms with van der Waals surface area (Å²) < 4.78 is 7.34. The molecule has 0 aliphatic carbocycles. The van der Waals surface area contributed by atoms with Crippen LogP contribution >= 0.6 is 11.8 Å². The average molecular weight is 319 g/mol. The summed E-state index contributed by atoms with van der Waals surface area (Å²) in [6.07, 6.45) is 3.68. The highest BCUT2D eigenvalue weighted by molar-refractivity contribution is 7.99. The van der Waals surface area contributed by atoms with Gasteiger partial charge in [0.2, 0.25) is 5.91 Å². The fourth-order valence-corrected chi connectivity index (χ4v) is 3.05. The van der Waals surface area contributed by atoms with Crippen molar-refractivity contribution in [3.8, 4) is 5.75 Å². The number of benzene rings is 1. The quantitative estimate of drug-likeness (QED) is 0.736. The van der Waals surface area contributed by atoms with E-state index in [1.54, 1.807) is 18.2 Å². The minimum atomic E-state index is 0.0709. The molecule has 118 valence electrons. The Morgan fingerprint density at radius 3 is 2.91 bits per heavy atom. The first kappa shape index (κ1) is 16.4. The summed E-state index contributed by atoms with van der Waals surface area (Å²) >= 11 is 1.46. The van der Waals surface area contributed by atoms with E-state index in [2.05, 4.69) is 11.9 Å². The number of methoxy groups -OCH3 is 1. The van der Waals surface area contributed by atoms with E-state index in [-0.39, 0.29) is 5.91 Å². The minimum absolute atomic E-state index is 0.0709. The second-order valence-electron chi connectivity index (χ2n) is 4.85. The summed E-state index contributed by atoms with van der Waals surface area (Å²) in [4.78, 5) is 18.2. The summed E-state index contributed by atoms with van der Waals surface area (Å²) in [6, 6.07) is 7.74. The third-order valence-corrected chi connectivity index (χ3v) is 4.36. The smallest absolute Gasteiger partial charge is 0.233 e. The fourth-order valence-electron chi connectivity index (χ4n) is 2.09. The van der Waals surface area contributed by atoms with E-state index in [0.29, 0.717) is 12.3 Å². The Hall–Kier alpha value is -1.95. The van der Waals surface area contributed by atoms with Crippen LogP contribution in [0.5, 0.6) is 5.75 Å². The first-order valence-electron chi connectivity index (χ1n) is 7.15. The van der Waals surface area contributed by atoms with Crippen LogP contribution in [0.4, 0.5) is 0 Å². The summed E-state index contributed by atoms with van der Waals surface area (Å²) in [7, 11) is 3.45. The zero-order valence-electron chi connectivity index (χ0n) is 13.2. The maximum atomic E-state index is 12.3. The average Bonchev–Trinajstić information content (AvgIpc) is 3.00. The summed E-state index contributed by atoms with van der Waals surface area (Å²) in [5, 5.41) is 0.876. The third-order valence-electron chi connectivity index (χ3n) is 3.37.